The molecule has 0 saturated heterocycles. The number of nitrogens with one attached hydrogen (secondary N) is 1. The van der Waals surface area contributed by atoms with Gasteiger partial charge in [-0.25, -0.2) is 24.9 Å². The number of H-pyrrole nitrogens is 1. The van der Waals surface area contributed by atoms with Crippen molar-refractivity contribution in [2.24, 2.45) is 5.73 Å². The molecule has 0 unspecified atom stereocenters. The topological polar surface area (TPSA) is 237 Å². The van der Waals surface area contributed by atoms with Crippen molar-refractivity contribution >= 4 is 66.7 Å². The van der Waals surface area contributed by atoms with Crippen LogP contribution < -0.4 is 17.0 Å². The van der Waals surface area contributed by atoms with Crippen LogP contribution in [0.1, 0.15) is 45.1 Å². The number of aromatic nitrogens is 6. The Morgan fingerprint density at radius 3 is 1.82 bits per heavy atom. The fourth-order valence-electron chi connectivity index (χ4n) is 2.14. The quantitative estimate of drug-likeness (QED) is 0.182. The van der Waals surface area contributed by atoms with Gasteiger partial charge in [-0.2, -0.15) is 0 Å². The number of rotatable bonds is 7. The molecule has 0 atom stereocenters. The Bertz CT molecular complexity index is 1270. The van der Waals surface area contributed by atoms with Gasteiger partial charge in [0, 0.05) is 33.7 Å². The van der Waals surface area contributed by atoms with Gasteiger partial charge in [-0.05, 0) is 52.6 Å². The number of carbonyl (C=O) groups excluding carboxylic acids is 3. The Labute approximate surface area is 245 Å². The van der Waals surface area contributed by atoms with E-state index in [4.69, 9.17) is 25.7 Å². The molecule has 0 aliphatic carbocycles. The maximum absolute atomic E-state index is 11.1. The largest absolute Gasteiger partial charge is 0.394 e. The van der Waals surface area contributed by atoms with E-state index in [0.29, 0.717) is 34.7 Å². The molecular formula is C22H30Br2N8O8. The lowest BCUT2D eigenvalue weighted by molar-refractivity contribution is -0.282. The molecule has 3 heterocycles. The van der Waals surface area contributed by atoms with Crippen molar-refractivity contribution in [1.82, 2.24) is 29.9 Å². The number of hydrogen-bond acceptors (Lipinski definition) is 14. The smallest absolute Gasteiger partial charge is 0.310 e. The number of amides is 1. The predicted molar refractivity (Wildman–Crippen MR) is 149 cm³/mol. The van der Waals surface area contributed by atoms with E-state index in [0.717, 1.165) is 0 Å². The summed E-state index contributed by atoms with van der Waals surface area (Å²) < 4.78 is 20.2. The summed E-state index contributed by atoms with van der Waals surface area (Å²) in [7, 11) is 0. The van der Waals surface area contributed by atoms with Crippen LogP contribution in [0.2, 0.25) is 0 Å². The molecule has 0 spiro atoms. The number of ether oxygens (including phenoxy) is 4. The van der Waals surface area contributed by atoms with E-state index >= 15 is 0 Å². The van der Waals surface area contributed by atoms with Gasteiger partial charge >= 0.3 is 11.9 Å². The molecule has 220 valence electrons. The van der Waals surface area contributed by atoms with Gasteiger partial charge in [-0.3, -0.25) is 19.2 Å². The van der Waals surface area contributed by atoms with Crippen LogP contribution in [0.3, 0.4) is 0 Å². The van der Waals surface area contributed by atoms with Crippen LogP contribution in [0.5, 0.6) is 0 Å². The van der Waals surface area contributed by atoms with Crippen LogP contribution in [0.4, 0.5) is 5.82 Å². The summed E-state index contributed by atoms with van der Waals surface area (Å²) in [5.41, 5.74) is 10.5. The molecule has 0 fully saturated rings. The summed E-state index contributed by atoms with van der Waals surface area (Å²) in [4.78, 5) is 62.8. The molecule has 0 saturated carbocycles. The number of fused-ring (bicyclic) bond motifs is 1. The van der Waals surface area contributed by atoms with E-state index < -0.39 is 24.3 Å². The first-order valence-corrected chi connectivity index (χ1v) is 12.9. The van der Waals surface area contributed by atoms with Crippen molar-refractivity contribution in [3.8, 4) is 0 Å². The fraction of sp³-hybridized carbons (Fsp3) is 0.409. The number of anilines is 1. The molecule has 0 bridgehead atoms. The fourth-order valence-corrected chi connectivity index (χ4v) is 2.70. The van der Waals surface area contributed by atoms with Gasteiger partial charge in [-0.15, -0.1) is 0 Å². The second-order valence-electron chi connectivity index (χ2n) is 6.63. The van der Waals surface area contributed by atoms with Crippen molar-refractivity contribution in [2.45, 2.75) is 41.1 Å². The number of aromatic amines is 1. The zero-order valence-corrected chi connectivity index (χ0v) is 25.5. The summed E-state index contributed by atoms with van der Waals surface area (Å²) >= 11 is 6.14. The second-order valence-corrected chi connectivity index (χ2v) is 8.25. The SMILES string of the molecule is CC(=O)OC(C)=O.CCOC(OCC)OCC.NC(=O)c1nc(Br)cnc1N.O=c1[nH]cnc2ncc(Br)nc12. The number of primary amides is 1. The zero-order valence-electron chi connectivity index (χ0n) is 22.3. The lowest BCUT2D eigenvalue weighted by Crippen LogP contribution is -2.20. The molecule has 0 radical (unpaired) electrons. The molecule has 5 N–H and O–H groups in total. The van der Waals surface area contributed by atoms with Crippen LogP contribution >= 0.6 is 31.9 Å². The third kappa shape index (κ3) is 15.8. The summed E-state index contributed by atoms with van der Waals surface area (Å²) in [6.07, 6.45) is 4.18. The van der Waals surface area contributed by atoms with Gasteiger partial charge in [0.15, 0.2) is 22.7 Å². The normalized spacial score (nSPS) is 9.80. The van der Waals surface area contributed by atoms with Crippen molar-refractivity contribution in [3.05, 3.63) is 44.0 Å². The first-order chi connectivity index (χ1) is 18.9. The minimum absolute atomic E-state index is 0.0145. The highest BCUT2D eigenvalue weighted by Crippen LogP contribution is 2.09. The van der Waals surface area contributed by atoms with E-state index in [1.807, 2.05) is 20.8 Å². The number of nitrogen functional groups attached to an aromatic ring is 1. The Kier molecular flexibility index (Phi) is 18.7. The highest BCUT2D eigenvalue weighted by atomic mass is 79.9. The van der Waals surface area contributed by atoms with Crippen molar-refractivity contribution in [2.75, 3.05) is 25.6 Å². The van der Waals surface area contributed by atoms with Crippen LogP contribution in [0.25, 0.3) is 11.2 Å². The van der Waals surface area contributed by atoms with Crippen LogP contribution in [0, 0.1) is 0 Å². The molecule has 3 aromatic heterocycles. The lowest BCUT2D eigenvalue weighted by atomic mass is 10.4. The zero-order chi connectivity index (χ0) is 30.7. The van der Waals surface area contributed by atoms with E-state index in [1.54, 1.807) is 0 Å². The summed E-state index contributed by atoms with van der Waals surface area (Å²) in [5.74, 6) is -1.77. The predicted octanol–water partition coefficient (Wildman–Crippen LogP) is 1.87. The molecule has 40 heavy (non-hydrogen) atoms. The standard InChI is InChI=1S/C7H16O3.C6H3BrN4O.C5H5BrN4O.C4H6O3/c1-4-8-7(9-5-2)10-6-3;7-3-1-8-5-4(11-3)6(12)10-2-9-5;6-2-1-9-4(7)3(10-2)5(8)11;1-3(5)7-4(2)6/h7H,4-6H2,1-3H3;1-2H,(H,8,9,10,12);1H,(H2,7,9)(H2,8,11);1-2H3. The van der Waals surface area contributed by atoms with Gasteiger partial charge in [0.05, 0.1) is 18.7 Å². The third-order valence-corrected chi connectivity index (χ3v) is 4.29. The number of halogens is 2. The maximum atomic E-state index is 11.1. The van der Waals surface area contributed by atoms with Crippen LogP contribution in [-0.2, 0) is 28.5 Å². The van der Waals surface area contributed by atoms with Gasteiger partial charge < -0.3 is 35.4 Å². The number of carbonyl (C=O) groups is 3. The number of nitrogens with zero attached hydrogens (tertiary/aromatic N) is 5. The van der Waals surface area contributed by atoms with E-state index in [-0.39, 0.29) is 22.6 Å². The number of hydrogen-bond donors (Lipinski definition) is 3. The third-order valence-electron chi connectivity index (χ3n) is 3.52. The van der Waals surface area contributed by atoms with Crippen molar-refractivity contribution in [3.63, 3.8) is 0 Å². The van der Waals surface area contributed by atoms with Crippen molar-refractivity contribution in [1.29, 1.82) is 0 Å². The molecule has 16 nitrogen and oxygen atoms in total. The molecule has 0 aliphatic rings. The van der Waals surface area contributed by atoms with E-state index in [1.165, 1.54) is 32.6 Å². The minimum atomic E-state index is -0.684. The molecular weight excluding hydrogens is 664 g/mol. The highest BCUT2D eigenvalue weighted by molar-refractivity contribution is 9.10. The second kappa shape index (κ2) is 20.5. The average molecular weight is 694 g/mol. The Hall–Kier alpha value is -3.45. The molecule has 3 rings (SSSR count). The lowest BCUT2D eigenvalue weighted by Gasteiger charge is -2.15. The average Bonchev–Trinajstić information content (AvgIpc) is 2.87. The first kappa shape index (κ1) is 36.5. The van der Waals surface area contributed by atoms with E-state index in [2.05, 4.69) is 66.5 Å². The Balaban J connectivity index is 0.000000517. The molecule has 3 aromatic rings. The van der Waals surface area contributed by atoms with Crippen LogP contribution in [0.15, 0.2) is 32.7 Å². The molecule has 0 aromatic carbocycles. The Morgan fingerprint density at radius 1 is 0.900 bits per heavy atom. The highest BCUT2D eigenvalue weighted by Gasteiger charge is 2.08. The van der Waals surface area contributed by atoms with Crippen LogP contribution in [-0.4, -0.2) is 74.0 Å². The number of esters is 2. The maximum Gasteiger partial charge on any atom is 0.310 e. The van der Waals surface area contributed by atoms with Gasteiger partial charge in [0.2, 0.25) is 0 Å². The van der Waals surface area contributed by atoms with Gasteiger partial charge in [-0.1, -0.05) is 0 Å². The summed E-state index contributed by atoms with van der Waals surface area (Å²) in [6, 6.07) is 0. The summed E-state index contributed by atoms with van der Waals surface area (Å²) in [6.45, 7) is 9.46. The van der Waals surface area contributed by atoms with Crippen molar-refractivity contribution < 1.29 is 33.3 Å². The summed E-state index contributed by atoms with van der Waals surface area (Å²) in [5, 5.41) is 0. The Morgan fingerprint density at radius 2 is 1.40 bits per heavy atom. The minimum Gasteiger partial charge on any atom is -0.394 e. The van der Waals surface area contributed by atoms with E-state index in [9.17, 15) is 19.2 Å². The molecule has 0 aliphatic heterocycles. The number of nitrogens with two attached hydrogens (primary N) is 2. The first-order valence-electron chi connectivity index (χ1n) is 11.3. The van der Waals surface area contributed by atoms with Gasteiger partial charge in [0.25, 0.3) is 17.9 Å². The molecule has 18 heteroatoms. The monoisotopic (exact) mass is 692 g/mol. The molecule has 1 amide bonds. The van der Waals surface area contributed by atoms with Gasteiger partial charge in [0.1, 0.15) is 9.21 Å².